The van der Waals surface area contributed by atoms with Crippen molar-refractivity contribution in [1.29, 1.82) is 0 Å². The van der Waals surface area contributed by atoms with Crippen molar-refractivity contribution < 1.29 is 18.3 Å². The van der Waals surface area contributed by atoms with E-state index in [1.54, 1.807) is 0 Å². The molecule has 7 nitrogen and oxygen atoms in total. The van der Waals surface area contributed by atoms with Gasteiger partial charge in [-0.1, -0.05) is 6.07 Å². The number of carbonyl (C=O) groups is 1. The van der Waals surface area contributed by atoms with Gasteiger partial charge in [-0.05, 0) is 98.8 Å². The molecule has 2 fully saturated rings. The number of H-pyrrole nitrogens is 1. The minimum Gasteiger partial charge on any atom is -0.381 e. The Bertz CT molecular complexity index is 1530. The molecule has 4 aromatic rings. The lowest BCUT2D eigenvalue weighted by atomic mass is 10.0. The lowest BCUT2D eigenvalue weighted by Crippen LogP contribution is -2.29. The van der Waals surface area contributed by atoms with E-state index in [0.717, 1.165) is 58.3 Å². The van der Waals surface area contributed by atoms with Gasteiger partial charge in [-0.15, -0.1) is 11.8 Å². The van der Waals surface area contributed by atoms with Crippen LogP contribution < -0.4 is 10.6 Å². The summed E-state index contributed by atoms with van der Waals surface area (Å²) in [6.07, 6.45) is 4.69. The number of rotatable bonds is 10. The van der Waals surface area contributed by atoms with Gasteiger partial charge in [-0.2, -0.15) is 5.10 Å². The molecule has 0 radical (unpaired) electrons. The molecular formula is C32H35F2N5O2S. The monoisotopic (exact) mass is 591 g/mol. The summed E-state index contributed by atoms with van der Waals surface area (Å²) in [5.74, 6) is -0.0638. The maximum Gasteiger partial charge on any atom is 0.258 e. The zero-order valence-electron chi connectivity index (χ0n) is 23.4. The lowest BCUT2D eigenvalue weighted by Gasteiger charge is -2.25. The van der Waals surface area contributed by atoms with Gasteiger partial charge in [0.25, 0.3) is 5.91 Å². The smallest absolute Gasteiger partial charge is 0.258 e. The summed E-state index contributed by atoms with van der Waals surface area (Å²) in [7, 11) is 0. The number of hydrogen-bond donors (Lipinski definition) is 3. The number of benzene rings is 3. The van der Waals surface area contributed by atoms with Gasteiger partial charge < -0.3 is 20.3 Å². The van der Waals surface area contributed by atoms with Gasteiger partial charge in [0.05, 0.1) is 11.1 Å². The highest BCUT2D eigenvalue weighted by molar-refractivity contribution is 7.99. The summed E-state index contributed by atoms with van der Waals surface area (Å²) >= 11 is 1.81. The molecule has 2 aliphatic heterocycles. The zero-order chi connectivity index (χ0) is 28.9. The topological polar surface area (TPSA) is 82.3 Å². The molecule has 0 spiro atoms. The van der Waals surface area contributed by atoms with Crippen molar-refractivity contribution in [3.8, 4) is 0 Å². The number of aromatic amines is 1. The number of aromatic nitrogens is 2. The minimum atomic E-state index is -0.608. The van der Waals surface area contributed by atoms with Crippen LogP contribution >= 0.6 is 11.8 Å². The first-order valence-corrected chi connectivity index (χ1v) is 15.6. The molecule has 1 aromatic heterocycles. The average Bonchev–Trinajstić information content (AvgIpc) is 3.63. The molecule has 6 rings (SSSR count). The predicted octanol–water partition coefficient (Wildman–Crippen LogP) is 6.46. The Morgan fingerprint density at radius 2 is 1.79 bits per heavy atom. The highest BCUT2D eigenvalue weighted by Crippen LogP contribution is 2.29. The number of nitrogens with zero attached hydrogens (tertiary/aromatic N) is 2. The molecule has 2 saturated heterocycles. The Morgan fingerprint density at radius 1 is 1.00 bits per heavy atom. The van der Waals surface area contributed by atoms with Crippen LogP contribution in [0.15, 0.2) is 59.5 Å². The Kier molecular flexibility index (Phi) is 9.02. The van der Waals surface area contributed by atoms with E-state index in [2.05, 4.69) is 31.8 Å². The number of anilines is 2. The van der Waals surface area contributed by atoms with Crippen LogP contribution in [0.1, 0.15) is 47.2 Å². The zero-order valence-corrected chi connectivity index (χ0v) is 24.2. The van der Waals surface area contributed by atoms with Gasteiger partial charge >= 0.3 is 0 Å². The summed E-state index contributed by atoms with van der Waals surface area (Å²) < 4.78 is 33.0. The van der Waals surface area contributed by atoms with Gasteiger partial charge in [-0.25, -0.2) is 8.78 Å². The molecule has 0 unspecified atom stereocenters. The third kappa shape index (κ3) is 7.11. The van der Waals surface area contributed by atoms with Crippen molar-refractivity contribution >= 4 is 40.1 Å². The highest BCUT2D eigenvalue weighted by atomic mass is 32.2. The van der Waals surface area contributed by atoms with Crippen LogP contribution in [0, 0.1) is 11.6 Å². The molecule has 1 amide bonds. The molecule has 3 N–H and O–H groups in total. The van der Waals surface area contributed by atoms with E-state index >= 15 is 0 Å². The van der Waals surface area contributed by atoms with Crippen LogP contribution in [0.2, 0.25) is 0 Å². The fraction of sp³-hybridized carbons (Fsp3) is 0.375. The van der Waals surface area contributed by atoms with E-state index in [-0.39, 0.29) is 11.9 Å². The molecule has 0 atom stereocenters. The van der Waals surface area contributed by atoms with E-state index in [9.17, 15) is 13.6 Å². The number of thioether (sulfide) groups is 1. The summed E-state index contributed by atoms with van der Waals surface area (Å²) in [4.78, 5) is 17.3. The van der Waals surface area contributed by atoms with Crippen LogP contribution in [0.3, 0.4) is 0 Å². The van der Waals surface area contributed by atoms with Crippen molar-refractivity contribution in [2.75, 3.05) is 49.2 Å². The fourth-order valence-electron chi connectivity index (χ4n) is 5.68. The third-order valence-corrected chi connectivity index (χ3v) is 8.86. The van der Waals surface area contributed by atoms with Gasteiger partial charge in [0.2, 0.25) is 0 Å². The number of nitrogens with one attached hydrogen (secondary N) is 3. The average molecular weight is 592 g/mol. The van der Waals surface area contributed by atoms with Crippen molar-refractivity contribution in [1.82, 2.24) is 15.1 Å². The second-order valence-electron chi connectivity index (χ2n) is 11.0. The van der Waals surface area contributed by atoms with E-state index < -0.39 is 11.6 Å². The van der Waals surface area contributed by atoms with Crippen molar-refractivity contribution in [3.05, 3.63) is 82.9 Å². The van der Waals surface area contributed by atoms with Crippen molar-refractivity contribution in [2.45, 2.75) is 43.0 Å². The van der Waals surface area contributed by atoms with Crippen LogP contribution in [0.4, 0.5) is 20.3 Å². The SMILES string of the molecule is O=C(Nc1n[nH]c2ccc(Cc3cc(F)cc(F)c3)cc12)c1ccc(SCCN2CCCC2)cc1NC1CCOCC1. The molecule has 42 heavy (non-hydrogen) atoms. The molecule has 0 bridgehead atoms. The quantitative estimate of drug-likeness (QED) is 0.184. The minimum absolute atomic E-state index is 0.233. The number of ether oxygens (including phenoxy) is 1. The standard InChI is InChI=1S/C32H35F2N5O2S/c33-23-16-22(17-24(34)19-23)15-21-3-6-29-28(18-21)31(38-37-29)36-32(40)27-5-4-26(42-14-11-39-9-1-2-10-39)20-30(27)35-25-7-12-41-13-8-25/h3-6,16-20,25,35H,1-2,7-15H2,(H2,36,37,38,40). The summed E-state index contributed by atoms with van der Waals surface area (Å²) in [6, 6.07) is 15.3. The Labute approximate surface area is 248 Å². The number of hydrogen-bond acceptors (Lipinski definition) is 6. The number of likely N-dealkylation sites (tertiary alicyclic amines) is 1. The molecule has 0 aliphatic carbocycles. The molecule has 220 valence electrons. The normalized spacial score (nSPS) is 16.2. The maximum absolute atomic E-state index is 13.7. The van der Waals surface area contributed by atoms with E-state index in [1.807, 2.05) is 42.1 Å². The molecular weight excluding hydrogens is 556 g/mol. The summed E-state index contributed by atoms with van der Waals surface area (Å²) in [6.45, 7) is 4.84. The largest absolute Gasteiger partial charge is 0.381 e. The van der Waals surface area contributed by atoms with Crippen molar-refractivity contribution in [3.63, 3.8) is 0 Å². The predicted molar refractivity (Wildman–Crippen MR) is 164 cm³/mol. The van der Waals surface area contributed by atoms with Crippen LogP contribution in [0.25, 0.3) is 10.9 Å². The number of fused-ring (bicyclic) bond motifs is 1. The van der Waals surface area contributed by atoms with Gasteiger partial charge in [0, 0.05) is 53.6 Å². The van der Waals surface area contributed by atoms with Gasteiger partial charge in [-0.3, -0.25) is 9.89 Å². The van der Waals surface area contributed by atoms with Crippen molar-refractivity contribution in [2.24, 2.45) is 0 Å². The van der Waals surface area contributed by atoms with Gasteiger partial charge in [0.15, 0.2) is 5.82 Å². The molecule has 3 aromatic carbocycles. The first kappa shape index (κ1) is 28.6. The first-order chi connectivity index (χ1) is 20.5. The number of halogens is 2. The summed E-state index contributed by atoms with van der Waals surface area (Å²) in [5, 5.41) is 14.7. The van der Waals surface area contributed by atoms with E-state index in [4.69, 9.17) is 4.74 Å². The van der Waals surface area contributed by atoms with E-state index in [0.29, 0.717) is 36.6 Å². The molecule has 2 aliphatic rings. The third-order valence-electron chi connectivity index (χ3n) is 7.88. The Hall–Kier alpha value is -3.47. The fourth-order valence-corrected chi connectivity index (χ4v) is 6.63. The van der Waals surface area contributed by atoms with Crippen LogP contribution in [0.5, 0.6) is 0 Å². The Morgan fingerprint density at radius 3 is 2.57 bits per heavy atom. The highest BCUT2D eigenvalue weighted by Gasteiger charge is 2.20. The number of carbonyl (C=O) groups excluding carboxylic acids is 1. The lowest BCUT2D eigenvalue weighted by molar-refractivity contribution is 0.0904. The first-order valence-electron chi connectivity index (χ1n) is 14.6. The van der Waals surface area contributed by atoms with Crippen LogP contribution in [-0.2, 0) is 11.2 Å². The molecule has 10 heteroatoms. The van der Waals surface area contributed by atoms with E-state index in [1.165, 1.54) is 38.1 Å². The van der Waals surface area contributed by atoms with Crippen LogP contribution in [-0.4, -0.2) is 65.6 Å². The second-order valence-corrected chi connectivity index (χ2v) is 12.2. The second kappa shape index (κ2) is 13.2. The molecule has 0 saturated carbocycles. The maximum atomic E-state index is 13.7. The molecule has 3 heterocycles. The summed E-state index contributed by atoms with van der Waals surface area (Å²) in [5.41, 5.74) is 3.49. The Balaban J connectivity index is 1.20. The number of amides is 1. The van der Waals surface area contributed by atoms with Gasteiger partial charge in [0.1, 0.15) is 11.6 Å².